The molecule has 2 heterocycles. The Labute approximate surface area is 232 Å². The number of fused-ring (bicyclic) bond motifs is 3. The second kappa shape index (κ2) is 13.2. The van der Waals surface area contributed by atoms with Crippen molar-refractivity contribution in [2.24, 2.45) is 0 Å². The molecule has 2 bridgehead atoms. The van der Waals surface area contributed by atoms with Crippen LogP contribution in [0.3, 0.4) is 0 Å². The zero-order valence-electron chi connectivity index (χ0n) is 24.1. The average Bonchev–Trinajstić information content (AvgIpc) is 2.97. The molecule has 39 heavy (non-hydrogen) atoms. The number of amides is 2. The second-order valence-electron chi connectivity index (χ2n) is 10.5. The number of aryl methyl sites for hydroxylation is 1. The number of hydrogen-bond acceptors (Lipinski definition) is 6. The minimum absolute atomic E-state index is 0.0878. The summed E-state index contributed by atoms with van der Waals surface area (Å²) < 4.78 is 16.6. The lowest BCUT2D eigenvalue weighted by molar-refractivity contribution is -0.133. The molecule has 4 rings (SSSR count). The van der Waals surface area contributed by atoms with E-state index in [4.69, 9.17) is 14.2 Å². The first-order chi connectivity index (χ1) is 18.9. The van der Waals surface area contributed by atoms with E-state index in [1.807, 2.05) is 47.1 Å². The standard InChI is InChI=1S/C31H43N3O5/c1-6-28(35)34-19-18-24-11-9-12-25(32(24)2)21-33(20-23-10-7-8-13-26(23)34)29(36)17-15-22-14-16-27(37-3)31(39-5)30(22)38-4/h7-8,10,13-14,16,24-25H,6,9,11-12,15,17-21H2,1-5H3. The number of carbonyl (C=O) groups excluding carboxylic acids is 2. The fourth-order valence-electron chi connectivity index (χ4n) is 6.09. The Bertz CT molecular complexity index is 1150. The predicted molar refractivity (Wildman–Crippen MR) is 153 cm³/mol. The van der Waals surface area contributed by atoms with Crippen molar-refractivity contribution in [2.45, 2.75) is 70.5 Å². The first kappa shape index (κ1) is 28.7. The fourth-order valence-corrected chi connectivity index (χ4v) is 6.09. The quantitative estimate of drug-likeness (QED) is 0.511. The number of benzene rings is 2. The summed E-state index contributed by atoms with van der Waals surface area (Å²) in [6, 6.07) is 12.5. The molecule has 0 aromatic heterocycles. The fraction of sp³-hybridized carbons (Fsp3) is 0.548. The van der Waals surface area contributed by atoms with Crippen molar-refractivity contribution in [1.29, 1.82) is 0 Å². The highest BCUT2D eigenvalue weighted by Gasteiger charge is 2.32. The van der Waals surface area contributed by atoms with Crippen molar-refractivity contribution < 1.29 is 23.8 Å². The van der Waals surface area contributed by atoms with Crippen molar-refractivity contribution in [3.05, 3.63) is 47.5 Å². The molecule has 0 saturated carbocycles. The summed E-state index contributed by atoms with van der Waals surface area (Å²) in [6.07, 6.45) is 5.57. The van der Waals surface area contributed by atoms with E-state index < -0.39 is 0 Å². The van der Waals surface area contributed by atoms with Crippen molar-refractivity contribution in [1.82, 2.24) is 9.80 Å². The van der Waals surface area contributed by atoms with Gasteiger partial charge in [-0.05, 0) is 56.0 Å². The van der Waals surface area contributed by atoms with Crippen LogP contribution in [0.4, 0.5) is 5.69 Å². The van der Waals surface area contributed by atoms with Crippen molar-refractivity contribution in [2.75, 3.05) is 46.4 Å². The van der Waals surface area contributed by atoms with Gasteiger partial charge in [0, 0.05) is 50.2 Å². The summed E-state index contributed by atoms with van der Waals surface area (Å²) in [7, 11) is 6.96. The molecule has 2 unspecified atom stereocenters. The number of nitrogens with zero attached hydrogens (tertiary/aromatic N) is 3. The number of ether oxygens (including phenoxy) is 3. The van der Waals surface area contributed by atoms with Crippen LogP contribution in [-0.2, 0) is 22.6 Å². The van der Waals surface area contributed by atoms with E-state index in [1.54, 1.807) is 21.3 Å². The summed E-state index contributed by atoms with van der Waals surface area (Å²) in [5.74, 6) is 1.93. The van der Waals surface area contributed by atoms with Gasteiger partial charge in [-0.25, -0.2) is 0 Å². The molecular weight excluding hydrogens is 494 g/mol. The first-order valence-corrected chi connectivity index (χ1v) is 14.1. The summed E-state index contributed by atoms with van der Waals surface area (Å²) in [5, 5.41) is 0. The van der Waals surface area contributed by atoms with E-state index in [0.29, 0.717) is 68.2 Å². The largest absolute Gasteiger partial charge is 0.493 e. The van der Waals surface area contributed by atoms with Gasteiger partial charge in [0.15, 0.2) is 11.5 Å². The van der Waals surface area contributed by atoms with Gasteiger partial charge in [0.1, 0.15) is 0 Å². The van der Waals surface area contributed by atoms with E-state index in [1.165, 1.54) is 0 Å². The zero-order valence-corrected chi connectivity index (χ0v) is 24.1. The van der Waals surface area contributed by atoms with Gasteiger partial charge < -0.3 is 24.0 Å². The Balaban J connectivity index is 1.64. The third-order valence-corrected chi connectivity index (χ3v) is 8.34. The predicted octanol–water partition coefficient (Wildman–Crippen LogP) is 4.67. The molecule has 0 radical (unpaired) electrons. The monoisotopic (exact) mass is 537 g/mol. The highest BCUT2D eigenvalue weighted by Crippen LogP contribution is 2.40. The first-order valence-electron chi connectivity index (χ1n) is 14.1. The maximum atomic E-state index is 13.9. The number of anilines is 1. The Morgan fingerprint density at radius 3 is 2.36 bits per heavy atom. The van der Waals surface area contributed by atoms with E-state index in [9.17, 15) is 9.59 Å². The number of methoxy groups -OCH3 is 3. The van der Waals surface area contributed by atoms with Crippen LogP contribution in [0.25, 0.3) is 0 Å². The van der Waals surface area contributed by atoms with Crippen LogP contribution >= 0.6 is 0 Å². The van der Waals surface area contributed by atoms with Crippen LogP contribution in [0.2, 0.25) is 0 Å². The lowest BCUT2D eigenvalue weighted by atomic mass is 9.93. The van der Waals surface area contributed by atoms with Crippen LogP contribution in [0.15, 0.2) is 36.4 Å². The Kier molecular flexibility index (Phi) is 9.73. The molecule has 2 aromatic rings. The van der Waals surface area contributed by atoms with Gasteiger partial charge in [0.05, 0.1) is 21.3 Å². The van der Waals surface area contributed by atoms with Crippen LogP contribution < -0.4 is 19.1 Å². The van der Waals surface area contributed by atoms with Gasteiger partial charge in [0.2, 0.25) is 17.6 Å². The minimum Gasteiger partial charge on any atom is -0.493 e. The maximum Gasteiger partial charge on any atom is 0.226 e. The van der Waals surface area contributed by atoms with Crippen LogP contribution in [0.1, 0.15) is 56.6 Å². The number of hydrogen-bond donors (Lipinski definition) is 0. The summed E-state index contributed by atoms with van der Waals surface area (Å²) in [6.45, 7) is 3.75. The Morgan fingerprint density at radius 2 is 1.64 bits per heavy atom. The molecule has 1 saturated heterocycles. The van der Waals surface area contributed by atoms with Gasteiger partial charge in [-0.2, -0.15) is 0 Å². The Morgan fingerprint density at radius 1 is 0.897 bits per heavy atom. The summed E-state index contributed by atoms with van der Waals surface area (Å²) in [4.78, 5) is 33.3. The normalized spacial score (nSPS) is 20.0. The number of piperidine rings is 1. The van der Waals surface area contributed by atoms with Gasteiger partial charge in [0.25, 0.3) is 0 Å². The molecule has 2 aliphatic heterocycles. The van der Waals surface area contributed by atoms with Crippen LogP contribution in [0.5, 0.6) is 17.2 Å². The smallest absolute Gasteiger partial charge is 0.226 e. The van der Waals surface area contributed by atoms with E-state index in [0.717, 1.165) is 42.5 Å². The molecule has 8 heteroatoms. The summed E-state index contributed by atoms with van der Waals surface area (Å²) >= 11 is 0. The van der Waals surface area contributed by atoms with E-state index >= 15 is 0 Å². The molecule has 2 aromatic carbocycles. The van der Waals surface area contributed by atoms with Gasteiger partial charge in [-0.3, -0.25) is 14.5 Å². The third-order valence-electron chi connectivity index (χ3n) is 8.34. The highest BCUT2D eigenvalue weighted by molar-refractivity contribution is 5.94. The van der Waals surface area contributed by atoms with Gasteiger partial charge in [-0.1, -0.05) is 37.6 Å². The minimum atomic E-state index is 0.0878. The number of likely N-dealkylation sites (N-methyl/N-ethyl adjacent to an activating group) is 1. The molecule has 0 spiro atoms. The molecule has 0 N–H and O–H groups in total. The third kappa shape index (κ3) is 6.32. The maximum absolute atomic E-state index is 13.9. The molecule has 2 amide bonds. The molecule has 8 nitrogen and oxygen atoms in total. The van der Waals surface area contributed by atoms with Crippen LogP contribution in [0, 0.1) is 0 Å². The lowest BCUT2D eigenvalue weighted by Gasteiger charge is -2.42. The molecule has 212 valence electrons. The second-order valence-corrected chi connectivity index (χ2v) is 10.5. The molecular formula is C31H43N3O5. The topological polar surface area (TPSA) is 71.6 Å². The Hall–Kier alpha value is -3.26. The van der Waals surface area contributed by atoms with Gasteiger partial charge >= 0.3 is 0 Å². The van der Waals surface area contributed by atoms with E-state index in [-0.39, 0.29) is 11.8 Å². The lowest BCUT2D eigenvalue weighted by Crippen LogP contribution is -2.50. The number of rotatable bonds is 7. The average molecular weight is 538 g/mol. The molecule has 2 atom stereocenters. The molecule has 2 aliphatic rings. The van der Waals surface area contributed by atoms with Crippen molar-refractivity contribution in [3.63, 3.8) is 0 Å². The van der Waals surface area contributed by atoms with Crippen LogP contribution in [-0.4, -0.2) is 75.2 Å². The van der Waals surface area contributed by atoms with Gasteiger partial charge in [-0.15, -0.1) is 0 Å². The van der Waals surface area contributed by atoms with Crippen molar-refractivity contribution >= 4 is 17.5 Å². The SMILES string of the molecule is CCC(=O)N1CCC2CCCC(CN(C(=O)CCc3ccc(OC)c(OC)c3OC)Cc3ccccc31)N2C. The number of carbonyl (C=O) groups is 2. The molecule has 0 aliphatic carbocycles. The summed E-state index contributed by atoms with van der Waals surface area (Å²) in [5.41, 5.74) is 2.83. The molecule has 1 fully saturated rings. The van der Waals surface area contributed by atoms with Crippen molar-refractivity contribution in [3.8, 4) is 17.2 Å². The zero-order chi connectivity index (χ0) is 27.9. The highest BCUT2D eigenvalue weighted by atomic mass is 16.5. The number of para-hydroxylation sites is 1. The van der Waals surface area contributed by atoms with E-state index in [2.05, 4.69) is 18.0 Å².